The molecule has 1 atom stereocenters. The normalized spacial score (nSPS) is 16.4. The molecule has 0 radical (unpaired) electrons. The lowest BCUT2D eigenvalue weighted by atomic mass is 9.79. The van der Waals surface area contributed by atoms with E-state index in [1.807, 2.05) is 6.92 Å². The van der Waals surface area contributed by atoms with Crippen LogP contribution in [0.4, 0.5) is 0 Å². The van der Waals surface area contributed by atoms with E-state index in [0.717, 1.165) is 0 Å². The Morgan fingerprint density at radius 2 is 1.09 bits per heavy atom. The largest absolute Gasteiger partial charge is 0.489 e. The molecule has 2 aromatic carbocycles. The molecule has 0 heterocycles. The minimum absolute atomic E-state index is 0.0637. The third-order valence-electron chi connectivity index (χ3n) is 6.18. The first-order valence-electron chi connectivity index (χ1n) is 11.5. The first-order chi connectivity index (χ1) is 16.4. The first-order valence-corrected chi connectivity index (χ1v) is 11.5. The van der Waals surface area contributed by atoms with Gasteiger partial charge in [-0.1, -0.05) is 55.5 Å². The van der Waals surface area contributed by atoms with Crippen molar-refractivity contribution in [2.45, 2.75) is 33.6 Å². The summed E-state index contributed by atoms with van der Waals surface area (Å²) in [6.07, 6.45) is 0.585. The lowest BCUT2D eigenvalue weighted by Crippen LogP contribution is -2.27. The van der Waals surface area contributed by atoms with Gasteiger partial charge in [0.1, 0.15) is 0 Å². The van der Waals surface area contributed by atoms with Crippen molar-refractivity contribution in [2.24, 2.45) is 5.92 Å². The molecule has 0 N–H and O–H groups in total. The zero-order valence-corrected chi connectivity index (χ0v) is 19.5. The van der Waals surface area contributed by atoms with Crippen LogP contribution in [0.2, 0.25) is 0 Å². The van der Waals surface area contributed by atoms with E-state index in [9.17, 15) is 19.2 Å². The molecule has 34 heavy (non-hydrogen) atoms. The Hall–Kier alpha value is -3.80. The molecule has 4 rings (SSSR count). The number of carbonyl (C=O) groups is 4. The minimum Gasteiger partial charge on any atom is -0.489 e. The summed E-state index contributed by atoms with van der Waals surface area (Å²) in [6.45, 7) is 5.84. The number of rotatable bonds is 8. The predicted octanol–water partition coefficient (Wildman–Crippen LogP) is 5.14. The molecule has 0 bridgehead atoms. The van der Waals surface area contributed by atoms with Crippen LogP contribution in [0, 0.1) is 5.92 Å². The topological polar surface area (TPSA) is 86.7 Å². The van der Waals surface area contributed by atoms with Crippen molar-refractivity contribution in [1.29, 1.82) is 0 Å². The van der Waals surface area contributed by atoms with Crippen molar-refractivity contribution in [3.05, 3.63) is 93.4 Å². The maximum absolute atomic E-state index is 13.3. The second kappa shape index (κ2) is 9.59. The fraction of sp³-hybridized carbons (Fsp3) is 0.286. The Kier molecular flexibility index (Phi) is 6.59. The summed E-state index contributed by atoms with van der Waals surface area (Å²) < 4.78 is 11.3. The predicted molar refractivity (Wildman–Crippen MR) is 126 cm³/mol. The number of ether oxygens (including phenoxy) is 2. The first kappa shape index (κ1) is 23.4. The lowest BCUT2D eigenvalue weighted by molar-refractivity contribution is 0.0866. The van der Waals surface area contributed by atoms with Crippen molar-refractivity contribution in [1.82, 2.24) is 0 Å². The van der Waals surface area contributed by atoms with Gasteiger partial charge >= 0.3 is 0 Å². The van der Waals surface area contributed by atoms with Crippen LogP contribution in [0.15, 0.2) is 71.2 Å². The number of allylic oxidation sites excluding steroid dienone is 4. The summed E-state index contributed by atoms with van der Waals surface area (Å²) in [5.74, 6) is -1.38. The molecule has 1 unspecified atom stereocenters. The molecule has 0 fully saturated rings. The molecular weight excluding hydrogens is 432 g/mol. The lowest BCUT2D eigenvalue weighted by Gasteiger charge is -2.25. The summed E-state index contributed by atoms with van der Waals surface area (Å²) in [6, 6.07) is 13.4. The minimum atomic E-state index is -0.387. The van der Waals surface area contributed by atoms with Gasteiger partial charge in [-0.2, -0.15) is 0 Å². The third-order valence-corrected chi connectivity index (χ3v) is 6.18. The second-order valence-corrected chi connectivity index (χ2v) is 8.26. The number of hydrogen-bond acceptors (Lipinski definition) is 6. The SMILES string of the molecule is CCOC1=C(CCC(C)C2=C(OCC)C(=O)c3ccccc3C2=O)C(=O)c2ccccc2C1=O. The van der Waals surface area contributed by atoms with Crippen molar-refractivity contribution in [3.8, 4) is 0 Å². The van der Waals surface area contributed by atoms with Crippen molar-refractivity contribution >= 4 is 23.1 Å². The van der Waals surface area contributed by atoms with Crippen LogP contribution in [0.3, 0.4) is 0 Å². The van der Waals surface area contributed by atoms with Crippen LogP contribution in [-0.2, 0) is 9.47 Å². The number of carbonyl (C=O) groups excluding carboxylic acids is 4. The Morgan fingerprint density at radius 3 is 1.62 bits per heavy atom. The zero-order valence-electron chi connectivity index (χ0n) is 19.5. The van der Waals surface area contributed by atoms with Crippen LogP contribution in [0.5, 0.6) is 0 Å². The van der Waals surface area contributed by atoms with E-state index in [-0.39, 0.29) is 60.2 Å². The van der Waals surface area contributed by atoms with Crippen LogP contribution < -0.4 is 0 Å². The second-order valence-electron chi connectivity index (χ2n) is 8.26. The number of benzene rings is 2. The maximum atomic E-state index is 13.3. The summed E-state index contributed by atoms with van der Waals surface area (Å²) in [7, 11) is 0. The van der Waals surface area contributed by atoms with Crippen molar-refractivity contribution in [2.75, 3.05) is 13.2 Å². The number of fused-ring (bicyclic) bond motifs is 2. The Bertz CT molecular complexity index is 1260. The summed E-state index contributed by atoms with van der Waals surface area (Å²) in [5, 5.41) is 0. The molecule has 2 aliphatic rings. The van der Waals surface area contributed by atoms with E-state index in [2.05, 4.69) is 0 Å². The molecule has 2 aromatic rings. The van der Waals surface area contributed by atoms with E-state index in [0.29, 0.717) is 39.8 Å². The van der Waals surface area contributed by atoms with Gasteiger partial charge in [-0.3, -0.25) is 19.2 Å². The van der Waals surface area contributed by atoms with Gasteiger partial charge in [0, 0.05) is 33.4 Å². The molecule has 174 valence electrons. The van der Waals surface area contributed by atoms with Crippen molar-refractivity contribution in [3.63, 3.8) is 0 Å². The molecule has 0 aliphatic heterocycles. The number of ketones is 4. The van der Waals surface area contributed by atoms with Gasteiger partial charge in [0.05, 0.1) is 13.2 Å². The summed E-state index contributed by atoms with van der Waals surface area (Å²) in [4.78, 5) is 52.7. The molecule has 2 aliphatic carbocycles. The van der Waals surface area contributed by atoms with Gasteiger partial charge in [0.25, 0.3) is 0 Å². The zero-order chi connectivity index (χ0) is 24.4. The monoisotopic (exact) mass is 458 g/mol. The number of hydrogen-bond donors (Lipinski definition) is 0. The fourth-order valence-corrected chi connectivity index (χ4v) is 4.54. The molecular formula is C28H26O6. The van der Waals surface area contributed by atoms with Gasteiger partial charge < -0.3 is 9.47 Å². The Labute approximate surface area is 198 Å². The van der Waals surface area contributed by atoms with Gasteiger partial charge in [0.2, 0.25) is 11.6 Å². The highest BCUT2D eigenvalue weighted by molar-refractivity contribution is 6.27. The average Bonchev–Trinajstić information content (AvgIpc) is 2.85. The molecule has 6 heteroatoms. The fourth-order valence-electron chi connectivity index (χ4n) is 4.54. The summed E-state index contributed by atoms with van der Waals surface area (Å²) in [5.41, 5.74) is 1.97. The number of Topliss-reactive ketones (excluding diaryl/α,β-unsaturated/α-hetero) is 4. The van der Waals surface area contributed by atoms with Gasteiger partial charge in [-0.15, -0.1) is 0 Å². The van der Waals surface area contributed by atoms with Crippen LogP contribution in [-0.4, -0.2) is 36.3 Å². The van der Waals surface area contributed by atoms with E-state index in [1.54, 1.807) is 62.4 Å². The highest BCUT2D eigenvalue weighted by Gasteiger charge is 2.37. The maximum Gasteiger partial charge on any atom is 0.228 e. The molecule has 0 saturated heterocycles. The Balaban J connectivity index is 1.67. The highest BCUT2D eigenvalue weighted by atomic mass is 16.5. The average molecular weight is 459 g/mol. The quantitative estimate of drug-likeness (QED) is 0.544. The molecule has 0 amide bonds. The molecule has 0 aromatic heterocycles. The van der Waals surface area contributed by atoms with Crippen LogP contribution in [0.1, 0.15) is 75.0 Å². The van der Waals surface area contributed by atoms with E-state index < -0.39 is 0 Å². The van der Waals surface area contributed by atoms with Crippen molar-refractivity contribution < 1.29 is 28.7 Å². The highest BCUT2D eigenvalue weighted by Crippen LogP contribution is 2.35. The van der Waals surface area contributed by atoms with E-state index in [1.165, 1.54) is 0 Å². The third kappa shape index (κ3) is 3.89. The standard InChI is InChI=1S/C28H26O6/c1-4-33-27-21(23(29)17-10-6-8-12-19(17)25(27)31)15-14-16(3)22-24(30)18-11-7-9-13-20(18)26(32)28(22)34-5-2/h6-13,16H,4-5,14-15H2,1-3H3. The van der Waals surface area contributed by atoms with Gasteiger partial charge in [0.15, 0.2) is 23.1 Å². The van der Waals surface area contributed by atoms with Crippen LogP contribution in [0.25, 0.3) is 0 Å². The Morgan fingerprint density at radius 1 is 0.647 bits per heavy atom. The van der Waals surface area contributed by atoms with Crippen LogP contribution >= 0.6 is 0 Å². The van der Waals surface area contributed by atoms with Gasteiger partial charge in [-0.05, 0) is 32.6 Å². The summed E-state index contributed by atoms with van der Waals surface area (Å²) >= 11 is 0. The van der Waals surface area contributed by atoms with Gasteiger partial charge in [-0.25, -0.2) is 0 Å². The smallest absolute Gasteiger partial charge is 0.228 e. The molecule has 0 spiro atoms. The molecule has 0 saturated carbocycles. The van der Waals surface area contributed by atoms with E-state index >= 15 is 0 Å². The van der Waals surface area contributed by atoms with E-state index in [4.69, 9.17) is 9.47 Å². The molecule has 6 nitrogen and oxygen atoms in total.